The molecule has 9 heteroatoms. The molecule has 1 unspecified atom stereocenters. The number of hydrogen-bond donors (Lipinski definition) is 1. The van der Waals surface area contributed by atoms with Gasteiger partial charge in [-0.15, -0.1) is 11.8 Å². The van der Waals surface area contributed by atoms with Gasteiger partial charge in [0.2, 0.25) is 5.91 Å². The van der Waals surface area contributed by atoms with Gasteiger partial charge in [0, 0.05) is 29.9 Å². The summed E-state index contributed by atoms with van der Waals surface area (Å²) >= 11 is 1.23. The Labute approximate surface area is 228 Å². The average Bonchev–Trinajstić information content (AvgIpc) is 3.38. The number of hydrogen-bond acceptors (Lipinski definition) is 4. The molecule has 0 fully saturated rings. The molecule has 1 aliphatic rings. The molecule has 0 bridgehead atoms. The van der Waals surface area contributed by atoms with E-state index in [9.17, 15) is 18.4 Å². The van der Waals surface area contributed by atoms with Gasteiger partial charge < -0.3 is 10.1 Å². The lowest BCUT2D eigenvalue weighted by atomic mass is 9.93. The van der Waals surface area contributed by atoms with Crippen molar-refractivity contribution in [2.24, 2.45) is 0 Å². The first-order valence-electron chi connectivity index (χ1n) is 12.1. The molecule has 1 aliphatic heterocycles. The first-order valence-corrected chi connectivity index (χ1v) is 13.1. The molecule has 5 nitrogen and oxygen atoms in total. The van der Waals surface area contributed by atoms with Crippen molar-refractivity contribution in [2.75, 3.05) is 12.9 Å². The highest BCUT2D eigenvalue weighted by atomic mass is 32.2. The fraction of sp³-hybridized carbons (Fsp3) is 0.200. The number of fused-ring (bicyclic) bond motifs is 1. The molecule has 0 radical (unpaired) electrons. The largest absolute Gasteiger partial charge is 0.494 e. The third-order valence-corrected chi connectivity index (χ3v) is 7.84. The summed E-state index contributed by atoms with van der Waals surface area (Å²) in [4.78, 5) is 27.2. The van der Waals surface area contributed by atoms with Crippen LogP contribution in [0.15, 0.2) is 94.8 Å². The van der Waals surface area contributed by atoms with E-state index < -0.39 is 35.0 Å². The first-order chi connectivity index (χ1) is 18.7. The van der Waals surface area contributed by atoms with Gasteiger partial charge in [-0.2, -0.15) is 0 Å². The van der Waals surface area contributed by atoms with Crippen LogP contribution in [0.2, 0.25) is 0 Å². The van der Waals surface area contributed by atoms with Crippen LogP contribution in [0.3, 0.4) is 0 Å². The Balaban J connectivity index is 1.90. The predicted molar refractivity (Wildman–Crippen MR) is 148 cm³/mol. The SMILES string of the molecule is C=C/C(F)=C(/Cc1c(C)c(-c2cccc(OC)c2F)c(=O)n2c1SCC2C(=O)NCc1ccccc1)C(=C)F. The molecule has 0 spiro atoms. The van der Waals surface area contributed by atoms with Crippen molar-refractivity contribution in [3.8, 4) is 16.9 Å². The number of ether oxygens (including phenoxy) is 1. The zero-order valence-corrected chi connectivity index (χ0v) is 22.3. The van der Waals surface area contributed by atoms with Crippen LogP contribution in [0.1, 0.15) is 22.7 Å². The van der Waals surface area contributed by atoms with Crippen LogP contribution in [0.5, 0.6) is 5.75 Å². The Morgan fingerprint density at radius 3 is 2.56 bits per heavy atom. The molecular formula is C30H27F3N2O3S. The predicted octanol–water partition coefficient (Wildman–Crippen LogP) is 6.37. The van der Waals surface area contributed by atoms with Crippen LogP contribution in [0.4, 0.5) is 13.2 Å². The van der Waals surface area contributed by atoms with Crippen LogP contribution in [0, 0.1) is 12.7 Å². The maximum atomic E-state index is 15.4. The number of carbonyl (C=O) groups excluding carboxylic acids is 1. The molecule has 1 aromatic heterocycles. The molecule has 4 rings (SSSR count). The van der Waals surface area contributed by atoms with Crippen molar-refractivity contribution in [1.82, 2.24) is 9.88 Å². The van der Waals surface area contributed by atoms with Crippen molar-refractivity contribution >= 4 is 17.7 Å². The number of halogens is 3. The van der Waals surface area contributed by atoms with Gasteiger partial charge in [0.15, 0.2) is 11.6 Å². The van der Waals surface area contributed by atoms with E-state index in [4.69, 9.17) is 4.74 Å². The van der Waals surface area contributed by atoms with E-state index in [1.165, 1.54) is 35.6 Å². The number of nitrogens with zero attached hydrogens (tertiary/aromatic N) is 1. The molecule has 0 saturated heterocycles. The van der Waals surface area contributed by atoms with Crippen molar-refractivity contribution in [2.45, 2.75) is 31.0 Å². The number of thioether (sulfide) groups is 1. The van der Waals surface area contributed by atoms with Gasteiger partial charge in [0.05, 0.1) is 17.7 Å². The number of amides is 1. The lowest BCUT2D eigenvalue weighted by Crippen LogP contribution is -2.37. The van der Waals surface area contributed by atoms with E-state index in [0.717, 1.165) is 11.6 Å². The number of methoxy groups -OCH3 is 1. The summed E-state index contributed by atoms with van der Waals surface area (Å²) in [6.07, 6.45) is 0.596. The zero-order chi connectivity index (χ0) is 28.3. The fourth-order valence-electron chi connectivity index (χ4n) is 4.59. The van der Waals surface area contributed by atoms with Crippen molar-refractivity contribution < 1.29 is 22.7 Å². The van der Waals surface area contributed by atoms with Gasteiger partial charge in [-0.25, -0.2) is 13.2 Å². The minimum atomic E-state index is -0.994. The lowest BCUT2D eigenvalue weighted by Gasteiger charge is -2.21. The van der Waals surface area contributed by atoms with Crippen LogP contribution >= 0.6 is 11.8 Å². The van der Waals surface area contributed by atoms with Crippen LogP contribution in [-0.2, 0) is 17.8 Å². The lowest BCUT2D eigenvalue weighted by molar-refractivity contribution is -0.124. The molecule has 2 aromatic carbocycles. The molecule has 0 aliphatic carbocycles. The fourth-order valence-corrected chi connectivity index (χ4v) is 5.96. The van der Waals surface area contributed by atoms with E-state index in [2.05, 4.69) is 18.5 Å². The standard InChI is InChI=1S/C30H27F3N2O3S/c1-5-23(32)22(18(3)31)14-21-17(2)26(20-12-9-13-25(38-4)27(20)33)29(37)35-24(16-39-30(21)35)28(36)34-15-19-10-7-6-8-11-19/h5-13,24H,1,3,14-16H2,2,4H3,(H,34,36)/b23-22+. The summed E-state index contributed by atoms with van der Waals surface area (Å²) in [6, 6.07) is 12.8. The maximum absolute atomic E-state index is 15.4. The monoisotopic (exact) mass is 552 g/mol. The smallest absolute Gasteiger partial charge is 0.260 e. The third kappa shape index (κ3) is 5.45. The van der Waals surface area contributed by atoms with E-state index in [0.29, 0.717) is 16.2 Å². The van der Waals surface area contributed by atoms with Gasteiger partial charge in [-0.3, -0.25) is 14.2 Å². The van der Waals surface area contributed by atoms with Gasteiger partial charge in [0.1, 0.15) is 17.7 Å². The summed E-state index contributed by atoms with van der Waals surface area (Å²) in [5.74, 6) is -2.91. The van der Waals surface area contributed by atoms with Crippen molar-refractivity contribution in [3.63, 3.8) is 0 Å². The highest BCUT2D eigenvalue weighted by Gasteiger charge is 2.35. The Hall–Kier alpha value is -3.98. The zero-order valence-electron chi connectivity index (χ0n) is 21.5. The molecule has 1 N–H and O–H groups in total. The Morgan fingerprint density at radius 1 is 1.21 bits per heavy atom. The highest BCUT2D eigenvalue weighted by Crippen LogP contribution is 2.41. The minimum Gasteiger partial charge on any atom is -0.494 e. The second-order valence-corrected chi connectivity index (χ2v) is 9.93. The molecular weight excluding hydrogens is 525 g/mol. The molecule has 3 aromatic rings. The van der Waals surface area contributed by atoms with Crippen LogP contribution < -0.4 is 15.6 Å². The number of nitrogens with one attached hydrogen (secondary N) is 1. The van der Waals surface area contributed by atoms with Crippen molar-refractivity contribution in [3.05, 3.63) is 118 Å². The number of aromatic nitrogens is 1. The molecule has 1 amide bonds. The van der Waals surface area contributed by atoms with Gasteiger partial charge in [0.25, 0.3) is 5.56 Å². The van der Waals surface area contributed by atoms with E-state index in [-0.39, 0.29) is 41.2 Å². The normalized spacial score (nSPS) is 14.8. The third-order valence-electron chi connectivity index (χ3n) is 6.64. The van der Waals surface area contributed by atoms with Gasteiger partial charge in [-0.1, -0.05) is 55.6 Å². The number of benzene rings is 2. The molecule has 39 heavy (non-hydrogen) atoms. The Bertz CT molecular complexity index is 1550. The summed E-state index contributed by atoms with van der Waals surface area (Å²) in [5.41, 5.74) is 0.622. The quantitative estimate of drug-likeness (QED) is 0.314. The molecule has 0 saturated carbocycles. The van der Waals surface area contributed by atoms with E-state index in [1.54, 1.807) is 13.0 Å². The second kappa shape index (κ2) is 11.8. The second-order valence-electron chi connectivity index (χ2n) is 8.92. The summed E-state index contributed by atoms with van der Waals surface area (Å²) in [7, 11) is 1.31. The Morgan fingerprint density at radius 2 is 1.92 bits per heavy atom. The number of carbonyl (C=O) groups is 1. The van der Waals surface area contributed by atoms with Crippen molar-refractivity contribution in [1.29, 1.82) is 0 Å². The van der Waals surface area contributed by atoms with E-state index in [1.807, 2.05) is 30.3 Å². The van der Waals surface area contributed by atoms with E-state index >= 15 is 4.39 Å². The number of pyridine rings is 1. The van der Waals surface area contributed by atoms with Crippen LogP contribution in [0.25, 0.3) is 11.1 Å². The minimum absolute atomic E-state index is 0.0173. The first kappa shape index (κ1) is 28.0. The highest BCUT2D eigenvalue weighted by molar-refractivity contribution is 7.99. The number of allylic oxidation sites excluding steroid dienone is 4. The summed E-state index contributed by atoms with van der Waals surface area (Å²) in [6.45, 7) is 8.47. The molecule has 1 atom stereocenters. The van der Waals surface area contributed by atoms with Gasteiger partial charge >= 0.3 is 0 Å². The average molecular weight is 553 g/mol. The Kier molecular flexibility index (Phi) is 8.50. The van der Waals surface area contributed by atoms with Gasteiger partial charge in [-0.05, 0) is 35.8 Å². The summed E-state index contributed by atoms with van der Waals surface area (Å²) in [5, 5.41) is 3.24. The topological polar surface area (TPSA) is 60.3 Å². The molecule has 202 valence electrons. The maximum Gasteiger partial charge on any atom is 0.260 e. The van der Waals surface area contributed by atoms with Crippen LogP contribution in [-0.4, -0.2) is 23.3 Å². The number of rotatable bonds is 9. The molecule has 2 heterocycles. The summed E-state index contributed by atoms with van der Waals surface area (Å²) < 4.78 is 50.8.